The van der Waals surface area contributed by atoms with E-state index in [1.807, 2.05) is 0 Å². The van der Waals surface area contributed by atoms with Crippen LogP contribution in [0.1, 0.15) is 45.2 Å². The summed E-state index contributed by atoms with van der Waals surface area (Å²) in [6, 6.07) is 9.44. The molecular weight excluding hydrogens is 208 g/mol. The summed E-state index contributed by atoms with van der Waals surface area (Å²) >= 11 is 0. The van der Waals surface area contributed by atoms with E-state index in [1.54, 1.807) is 0 Å². The second-order valence-electron chi connectivity index (χ2n) is 4.53. The number of nitrogens with zero attached hydrogens (tertiary/aromatic N) is 1. The smallest absolute Gasteiger partial charge is 0.0363 e. The zero-order chi connectivity index (χ0) is 12.7. The van der Waals surface area contributed by atoms with E-state index < -0.39 is 0 Å². The lowest BCUT2D eigenvalue weighted by Gasteiger charge is -2.21. The number of anilines is 1. The van der Waals surface area contributed by atoms with Crippen molar-refractivity contribution in [3.05, 3.63) is 29.8 Å². The molecule has 0 aliphatic carbocycles. The van der Waals surface area contributed by atoms with Crippen LogP contribution in [-0.2, 0) is 0 Å². The molecule has 0 bridgehead atoms. The summed E-state index contributed by atoms with van der Waals surface area (Å²) in [5.41, 5.74) is 2.70. The molecule has 1 aromatic carbocycles. The Morgan fingerprint density at radius 1 is 1.12 bits per heavy atom. The number of hydrogen-bond donors (Lipinski definition) is 1. The molecule has 0 aliphatic heterocycles. The third-order valence-electron chi connectivity index (χ3n) is 3.15. The van der Waals surface area contributed by atoms with E-state index in [0.717, 1.165) is 19.5 Å². The van der Waals surface area contributed by atoms with Gasteiger partial charge in [0.2, 0.25) is 0 Å². The topological polar surface area (TPSA) is 15.3 Å². The van der Waals surface area contributed by atoms with Gasteiger partial charge in [-0.3, -0.25) is 0 Å². The van der Waals surface area contributed by atoms with Crippen LogP contribution >= 0.6 is 0 Å². The molecule has 2 heteroatoms. The molecule has 0 saturated carbocycles. The first-order valence-corrected chi connectivity index (χ1v) is 6.77. The van der Waals surface area contributed by atoms with Crippen molar-refractivity contribution in [2.45, 2.75) is 39.7 Å². The Kier molecular flexibility index (Phi) is 6.06. The van der Waals surface area contributed by atoms with Gasteiger partial charge in [0.25, 0.3) is 0 Å². The van der Waals surface area contributed by atoms with Gasteiger partial charge in [0, 0.05) is 25.3 Å². The molecule has 1 aromatic rings. The van der Waals surface area contributed by atoms with Gasteiger partial charge in [-0.15, -0.1) is 0 Å². The Bertz CT molecular complexity index is 305. The van der Waals surface area contributed by atoms with E-state index in [2.05, 4.69) is 62.3 Å². The molecular formula is C15H26N2. The zero-order valence-corrected chi connectivity index (χ0v) is 11.7. The quantitative estimate of drug-likeness (QED) is 0.775. The Morgan fingerprint density at radius 3 is 2.24 bits per heavy atom. The summed E-state index contributed by atoms with van der Waals surface area (Å²) < 4.78 is 0. The number of hydrogen-bond acceptors (Lipinski definition) is 2. The molecule has 0 fully saturated rings. The van der Waals surface area contributed by atoms with Crippen molar-refractivity contribution in [3.63, 3.8) is 0 Å². The molecule has 1 N–H and O–H groups in total. The average molecular weight is 234 g/mol. The lowest BCUT2D eigenvalue weighted by atomic mass is 10.0. The molecule has 1 unspecified atom stereocenters. The maximum absolute atomic E-state index is 3.51. The van der Waals surface area contributed by atoms with Gasteiger partial charge in [0.1, 0.15) is 0 Å². The van der Waals surface area contributed by atoms with Gasteiger partial charge in [-0.25, -0.2) is 0 Å². The first-order chi connectivity index (χ1) is 8.22. The van der Waals surface area contributed by atoms with Crippen molar-refractivity contribution in [1.82, 2.24) is 5.32 Å². The lowest BCUT2D eigenvalue weighted by molar-refractivity contribution is 0.537. The SMILES string of the molecule is CCCN(C)c1ccc(C(CC)NCC)cc1. The molecule has 1 rings (SSSR count). The summed E-state index contributed by atoms with van der Waals surface area (Å²) in [6.07, 6.45) is 2.32. The summed E-state index contributed by atoms with van der Waals surface area (Å²) in [5, 5.41) is 3.51. The molecule has 17 heavy (non-hydrogen) atoms. The second kappa shape index (κ2) is 7.33. The van der Waals surface area contributed by atoms with E-state index in [1.165, 1.54) is 17.7 Å². The van der Waals surface area contributed by atoms with Crippen LogP contribution in [0.5, 0.6) is 0 Å². The van der Waals surface area contributed by atoms with E-state index in [0.29, 0.717) is 6.04 Å². The number of nitrogens with one attached hydrogen (secondary N) is 1. The van der Waals surface area contributed by atoms with Crippen molar-refractivity contribution in [1.29, 1.82) is 0 Å². The average Bonchev–Trinajstić information content (AvgIpc) is 2.36. The molecule has 2 nitrogen and oxygen atoms in total. The predicted molar refractivity (Wildman–Crippen MR) is 76.7 cm³/mol. The van der Waals surface area contributed by atoms with Crippen molar-refractivity contribution in [2.75, 3.05) is 25.0 Å². The molecule has 0 aliphatic rings. The summed E-state index contributed by atoms with van der Waals surface area (Å²) in [6.45, 7) is 8.74. The van der Waals surface area contributed by atoms with E-state index in [-0.39, 0.29) is 0 Å². The molecule has 96 valence electrons. The van der Waals surface area contributed by atoms with Gasteiger partial charge >= 0.3 is 0 Å². The minimum atomic E-state index is 0.491. The van der Waals surface area contributed by atoms with Gasteiger partial charge < -0.3 is 10.2 Å². The highest BCUT2D eigenvalue weighted by molar-refractivity contribution is 5.47. The third kappa shape index (κ3) is 4.04. The Hall–Kier alpha value is -1.02. The van der Waals surface area contributed by atoms with Crippen molar-refractivity contribution in [2.24, 2.45) is 0 Å². The summed E-state index contributed by atoms with van der Waals surface area (Å²) in [5.74, 6) is 0. The largest absolute Gasteiger partial charge is 0.375 e. The third-order valence-corrected chi connectivity index (χ3v) is 3.15. The van der Waals surface area contributed by atoms with Gasteiger partial charge in [-0.2, -0.15) is 0 Å². The normalized spacial score (nSPS) is 12.5. The molecule has 0 spiro atoms. The van der Waals surface area contributed by atoms with Crippen LogP contribution in [0.25, 0.3) is 0 Å². The van der Waals surface area contributed by atoms with E-state index >= 15 is 0 Å². The monoisotopic (exact) mass is 234 g/mol. The first kappa shape index (κ1) is 14.0. The van der Waals surface area contributed by atoms with E-state index in [4.69, 9.17) is 0 Å². The zero-order valence-electron chi connectivity index (χ0n) is 11.7. The molecule has 0 saturated heterocycles. The van der Waals surface area contributed by atoms with Crippen LogP contribution in [-0.4, -0.2) is 20.1 Å². The van der Waals surface area contributed by atoms with Crippen LogP contribution in [0.4, 0.5) is 5.69 Å². The minimum Gasteiger partial charge on any atom is -0.375 e. The van der Waals surface area contributed by atoms with Crippen molar-refractivity contribution >= 4 is 5.69 Å². The summed E-state index contributed by atoms with van der Waals surface area (Å²) in [7, 11) is 2.15. The molecule has 0 amide bonds. The minimum absolute atomic E-state index is 0.491. The fourth-order valence-electron chi connectivity index (χ4n) is 2.17. The lowest BCUT2D eigenvalue weighted by Crippen LogP contribution is -2.20. The Morgan fingerprint density at radius 2 is 1.76 bits per heavy atom. The Balaban J connectivity index is 2.72. The fraction of sp³-hybridized carbons (Fsp3) is 0.600. The Labute approximate surface area is 106 Å². The van der Waals surface area contributed by atoms with Crippen molar-refractivity contribution < 1.29 is 0 Å². The van der Waals surface area contributed by atoms with Crippen LogP contribution in [0.3, 0.4) is 0 Å². The van der Waals surface area contributed by atoms with Crippen LogP contribution in [0.2, 0.25) is 0 Å². The molecule has 0 heterocycles. The van der Waals surface area contributed by atoms with Crippen LogP contribution in [0, 0.1) is 0 Å². The highest BCUT2D eigenvalue weighted by Crippen LogP contribution is 2.20. The summed E-state index contributed by atoms with van der Waals surface area (Å²) in [4.78, 5) is 2.30. The maximum Gasteiger partial charge on any atom is 0.0363 e. The van der Waals surface area contributed by atoms with Gasteiger partial charge in [0.05, 0.1) is 0 Å². The highest BCUT2D eigenvalue weighted by atomic mass is 15.1. The molecule has 1 atom stereocenters. The van der Waals surface area contributed by atoms with Gasteiger partial charge in [0.15, 0.2) is 0 Å². The second-order valence-corrected chi connectivity index (χ2v) is 4.53. The molecule has 0 radical (unpaired) electrons. The van der Waals surface area contributed by atoms with Gasteiger partial charge in [-0.05, 0) is 37.1 Å². The number of benzene rings is 1. The number of rotatable bonds is 7. The van der Waals surface area contributed by atoms with Crippen LogP contribution in [0.15, 0.2) is 24.3 Å². The van der Waals surface area contributed by atoms with Gasteiger partial charge in [-0.1, -0.05) is 32.9 Å². The maximum atomic E-state index is 3.51. The predicted octanol–water partition coefficient (Wildman–Crippen LogP) is 3.59. The standard InChI is InChI=1S/C15H26N2/c1-5-12-17(4)14-10-8-13(9-11-14)15(6-2)16-7-3/h8-11,15-16H,5-7,12H2,1-4H3. The van der Waals surface area contributed by atoms with Crippen LogP contribution < -0.4 is 10.2 Å². The first-order valence-electron chi connectivity index (χ1n) is 6.77. The highest BCUT2D eigenvalue weighted by Gasteiger charge is 2.07. The van der Waals surface area contributed by atoms with Crippen molar-refractivity contribution in [3.8, 4) is 0 Å². The fourth-order valence-corrected chi connectivity index (χ4v) is 2.17. The molecule has 0 aromatic heterocycles. The van der Waals surface area contributed by atoms with E-state index in [9.17, 15) is 0 Å².